The third-order valence-electron chi connectivity index (χ3n) is 3.13. The first-order valence-electron chi connectivity index (χ1n) is 6.99. The molecule has 120 valence electrons. The van der Waals surface area contributed by atoms with Crippen LogP contribution >= 0.6 is 12.2 Å². The molecule has 0 saturated heterocycles. The molecule has 0 aromatic heterocycles. The number of thiocarbonyl (C=S) groups is 1. The van der Waals surface area contributed by atoms with Gasteiger partial charge in [0.05, 0.1) is 26.3 Å². The molecule has 0 saturated carbocycles. The molecule has 0 atom stereocenters. The molecule has 0 aliphatic carbocycles. The zero-order valence-corrected chi connectivity index (χ0v) is 13.8. The average Bonchev–Trinajstić information content (AvgIpc) is 2.55. The van der Waals surface area contributed by atoms with Crippen molar-refractivity contribution in [3.63, 3.8) is 0 Å². The van der Waals surface area contributed by atoms with Crippen LogP contribution in [0.5, 0.6) is 11.5 Å². The minimum atomic E-state index is -0.192. The Hall–Kier alpha value is -2.60. The Morgan fingerprint density at radius 2 is 1.74 bits per heavy atom. The number of rotatable bonds is 5. The number of hydrogen-bond donors (Lipinski definition) is 2. The molecule has 0 aliphatic heterocycles. The van der Waals surface area contributed by atoms with Gasteiger partial charge in [0.25, 0.3) is 0 Å². The van der Waals surface area contributed by atoms with Crippen LogP contribution in [0.4, 0.5) is 5.69 Å². The summed E-state index contributed by atoms with van der Waals surface area (Å²) >= 11 is 5.16. The largest absolute Gasteiger partial charge is 0.497 e. The first-order valence-corrected chi connectivity index (χ1v) is 7.40. The smallest absolute Gasteiger partial charge is 0.230 e. The van der Waals surface area contributed by atoms with Gasteiger partial charge < -0.3 is 20.1 Å². The molecule has 1 amide bonds. The summed E-state index contributed by atoms with van der Waals surface area (Å²) in [6, 6.07) is 14.7. The summed E-state index contributed by atoms with van der Waals surface area (Å²) in [6.45, 7) is 0. The van der Waals surface area contributed by atoms with Gasteiger partial charge in [0.15, 0.2) is 5.11 Å². The lowest BCUT2D eigenvalue weighted by Crippen LogP contribution is -2.35. The summed E-state index contributed by atoms with van der Waals surface area (Å²) in [5.74, 6) is 1.21. The van der Waals surface area contributed by atoms with E-state index in [1.54, 1.807) is 14.2 Å². The van der Waals surface area contributed by atoms with Crippen LogP contribution in [0.1, 0.15) is 5.56 Å². The van der Waals surface area contributed by atoms with Crippen LogP contribution in [0.3, 0.4) is 0 Å². The van der Waals surface area contributed by atoms with Crippen molar-refractivity contribution in [2.75, 3.05) is 19.5 Å². The highest BCUT2D eigenvalue weighted by Crippen LogP contribution is 2.22. The maximum atomic E-state index is 12.0. The first-order chi connectivity index (χ1) is 11.1. The molecule has 2 N–H and O–H groups in total. The summed E-state index contributed by atoms with van der Waals surface area (Å²) in [4.78, 5) is 12.0. The number of carbonyl (C=O) groups is 1. The van der Waals surface area contributed by atoms with E-state index in [9.17, 15) is 4.79 Å². The highest BCUT2D eigenvalue weighted by Gasteiger charge is 2.08. The van der Waals surface area contributed by atoms with Crippen molar-refractivity contribution in [1.82, 2.24) is 5.32 Å². The van der Waals surface area contributed by atoms with Crippen LogP contribution in [-0.2, 0) is 11.2 Å². The minimum absolute atomic E-state index is 0.192. The number of hydrogen-bond acceptors (Lipinski definition) is 4. The molecule has 0 spiro atoms. The number of nitrogens with one attached hydrogen (secondary N) is 2. The quantitative estimate of drug-likeness (QED) is 0.826. The molecule has 0 aliphatic rings. The third-order valence-corrected chi connectivity index (χ3v) is 3.34. The fourth-order valence-corrected chi connectivity index (χ4v) is 2.22. The zero-order chi connectivity index (χ0) is 16.7. The van der Waals surface area contributed by atoms with Crippen LogP contribution in [0, 0.1) is 0 Å². The molecule has 2 rings (SSSR count). The summed E-state index contributed by atoms with van der Waals surface area (Å²) in [5.41, 5.74) is 1.58. The van der Waals surface area contributed by atoms with Crippen LogP contribution in [-0.4, -0.2) is 25.2 Å². The molecule has 2 aromatic rings. The van der Waals surface area contributed by atoms with Crippen molar-refractivity contribution in [1.29, 1.82) is 0 Å². The maximum absolute atomic E-state index is 12.0. The van der Waals surface area contributed by atoms with Crippen LogP contribution in [0.25, 0.3) is 0 Å². The number of ether oxygens (including phenoxy) is 2. The van der Waals surface area contributed by atoms with E-state index < -0.39 is 0 Å². The minimum Gasteiger partial charge on any atom is -0.497 e. The first kappa shape index (κ1) is 16.8. The van der Waals surface area contributed by atoms with Gasteiger partial charge in [0.1, 0.15) is 11.5 Å². The second kappa shape index (κ2) is 8.14. The van der Waals surface area contributed by atoms with Gasteiger partial charge >= 0.3 is 0 Å². The number of carbonyl (C=O) groups excluding carboxylic acids is 1. The summed E-state index contributed by atoms with van der Waals surface area (Å²) in [7, 11) is 3.18. The van der Waals surface area contributed by atoms with Gasteiger partial charge in [-0.1, -0.05) is 24.3 Å². The van der Waals surface area contributed by atoms with Crippen molar-refractivity contribution in [3.05, 3.63) is 54.1 Å². The number of para-hydroxylation sites is 2. The van der Waals surface area contributed by atoms with E-state index in [0.717, 1.165) is 11.3 Å². The van der Waals surface area contributed by atoms with Crippen molar-refractivity contribution in [3.8, 4) is 11.5 Å². The van der Waals surface area contributed by atoms with Gasteiger partial charge in [-0.05, 0) is 42.0 Å². The second-order valence-corrected chi connectivity index (χ2v) is 5.14. The van der Waals surface area contributed by atoms with Crippen molar-refractivity contribution in [2.24, 2.45) is 0 Å². The molecule has 23 heavy (non-hydrogen) atoms. The monoisotopic (exact) mass is 330 g/mol. The third kappa shape index (κ3) is 4.96. The Kier molecular flexibility index (Phi) is 5.94. The Balaban J connectivity index is 1.90. The highest BCUT2D eigenvalue weighted by molar-refractivity contribution is 7.80. The molecule has 0 fully saturated rings. The van der Waals surface area contributed by atoms with E-state index in [0.29, 0.717) is 11.4 Å². The molecule has 5 nitrogen and oxygen atoms in total. The van der Waals surface area contributed by atoms with E-state index in [1.165, 1.54) is 0 Å². The Morgan fingerprint density at radius 1 is 1.04 bits per heavy atom. The van der Waals surface area contributed by atoms with Gasteiger partial charge in [-0.3, -0.25) is 4.79 Å². The standard InChI is InChI=1S/C17H18N2O3S/c1-21-13-9-7-12(8-10-13)11-16(20)19-17(23)18-14-5-3-4-6-15(14)22-2/h3-10H,11H2,1-2H3,(H2,18,19,20,23). The fourth-order valence-electron chi connectivity index (χ4n) is 2.00. The molecule has 6 heteroatoms. The number of amides is 1. The van der Waals surface area contributed by atoms with Gasteiger partial charge in [-0.15, -0.1) is 0 Å². The van der Waals surface area contributed by atoms with Crippen LogP contribution in [0.15, 0.2) is 48.5 Å². The van der Waals surface area contributed by atoms with Crippen molar-refractivity contribution in [2.45, 2.75) is 6.42 Å². The lowest BCUT2D eigenvalue weighted by molar-refractivity contribution is -0.119. The Bertz CT molecular complexity index is 686. The molecule has 0 bridgehead atoms. The van der Waals surface area contributed by atoms with Crippen molar-refractivity contribution >= 4 is 28.9 Å². The zero-order valence-electron chi connectivity index (χ0n) is 13.0. The Morgan fingerprint density at radius 3 is 2.39 bits per heavy atom. The van der Waals surface area contributed by atoms with Gasteiger partial charge in [0, 0.05) is 0 Å². The normalized spacial score (nSPS) is 9.83. The van der Waals surface area contributed by atoms with Crippen LogP contribution < -0.4 is 20.1 Å². The number of methoxy groups -OCH3 is 2. The predicted octanol–water partition coefficient (Wildman–Crippen LogP) is 2.76. The molecule has 0 radical (unpaired) electrons. The lowest BCUT2D eigenvalue weighted by atomic mass is 10.1. The highest BCUT2D eigenvalue weighted by atomic mass is 32.1. The van der Waals surface area contributed by atoms with E-state index in [4.69, 9.17) is 21.7 Å². The van der Waals surface area contributed by atoms with Gasteiger partial charge in [-0.25, -0.2) is 0 Å². The van der Waals surface area contributed by atoms with Gasteiger partial charge in [0.2, 0.25) is 5.91 Å². The second-order valence-electron chi connectivity index (χ2n) is 4.73. The molecule has 0 heterocycles. The fraction of sp³-hybridized carbons (Fsp3) is 0.176. The van der Waals surface area contributed by atoms with E-state index >= 15 is 0 Å². The van der Waals surface area contributed by atoms with Crippen molar-refractivity contribution < 1.29 is 14.3 Å². The predicted molar refractivity (Wildman–Crippen MR) is 94.1 cm³/mol. The Labute approximate surface area is 140 Å². The van der Waals surface area contributed by atoms with Crippen LogP contribution in [0.2, 0.25) is 0 Å². The molecule has 2 aromatic carbocycles. The summed E-state index contributed by atoms with van der Waals surface area (Å²) < 4.78 is 10.3. The number of anilines is 1. The molecular formula is C17H18N2O3S. The lowest BCUT2D eigenvalue weighted by Gasteiger charge is -2.12. The SMILES string of the molecule is COc1ccc(CC(=O)NC(=S)Nc2ccccc2OC)cc1. The summed E-state index contributed by atoms with van der Waals surface area (Å²) in [5, 5.41) is 5.83. The molecular weight excluding hydrogens is 312 g/mol. The van der Waals surface area contributed by atoms with Gasteiger partial charge in [-0.2, -0.15) is 0 Å². The topological polar surface area (TPSA) is 59.6 Å². The maximum Gasteiger partial charge on any atom is 0.230 e. The average molecular weight is 330 g/mol. The van der Waals surface area contributed by atoms with E-state index in [-0.39, 0.29) is 17.4 Å². The summed E-state index contributed by atoms with van der Waals surface area (Å²) in [6.07, 6.45) is 0.234. The van der Waals surface area contributed by atoms with E-state index in [1.807, 2.05) is 48.5 Å². The molecule has 0 unspecified atom stereocenters. The van der Waals surface area contributed by atoms with E-state index in [2.05, 4.69) is 10.6 Å². The number of benzene rings is 2.